The molecule has 1 aromatic carbocycles. The Morgan fingerprint density at radius 3 is 2.69 bits per heavy atom. The predicted molar refractivity (Wildman–Crippen MR) is 54.3 cm³/mol. The summed E-state index contributed by atoms with van der Waals surface area (Å²) in [5, 5.41) is 0. The number of halogens is 2. The maximum Gasteiger partial charge on any atom is 0.191 e. The molecule has 0 bridgehead atoms. The Morgan fingerprint density at radius 2 is 2.06 bits per heavy atom. The van der Waals surface area contributed by atoms with Crippen LogP contribution >= 0.6 is 0 Å². The molecule has 4 heteroatoms. The molecule has 1 aromatic rings. The van der Waals surface area contributed by atoms with Crippen molar-refractivity contribution in [2.75, 3.05) is 6.61 Å². The quantitative estimate of drug-likeness (QED) is 0.725. The molecule has 86 valence electrons. The molecule has 1 saturated heterocycles. The van der Waals surface area contributed by atoms with Crippen molar-refractivity contribution < 1.29 is 18.3 Å². The zero-order chi connectivity index (χ0) is 11.5. The molecule has 0 saturated carbocycles. The first kappa shape index (κ1) is 11.2. The molecule has 1 unspecified atom stereocenters. The van der Waals surface area contributed by atoms with Gasteiger partial charge in [-0.15, -0.1) is 0 Å². The SMILES string of the molecule is O=C(c1ccc(F)c(F)c1)C1CCCCO1. The van der Waals surface area contributed by atoms with Crippen molar-refractivity contribution in [2.45, 2.75) is 25.4 Å². The molecule has 0 aliphatic carbocycles. The van der Waals surface area contributed by atoms with Crippen LogP contribution < -0.4 is 0 Å². The molecule has 0 amide bonds. The standard InChI is InChI=1S/C12H12F2O2/c13-9-5-4-8(7-10(9)14)12(15)11-3-1-2-6-16-11/h4-5,7,11H,1-3,6H2. The van der Waals surface area contributed by atoms with Crippen LogP contribution in [0.1, 0.15) is 29.6 Å². The van der Waals surface area contributed by atoms with Crippen LogP contribution in [0.3, 0.4) is 0 Å². The highest BCUT2D eigenvalue weighted by Gasteiger charge is 2.23. The van der Waals surface area contributed by atoms with Crippen LogP contribution in [0.25, 0.3) is 0 Å². The third kappa shape index (κ3) is 2.27. The minimum Gasteiger partial charge on any atom is -0.370 e. The van der Waals surface area contributed by atoms with Crippen molar-refractivity contribution in [3.05, 3.63) is 35.4 Å². The highest BCUT2D eigenvalue weighted by atomic mass is 19.2. The van der Waals surface area contributed by atoms with E-state index in [0.717, 1.165) is 25.0 Å². The number of Topliss-reactive ketones (excluding diaryl/α,β-unsaturated/α-hetero) is 1. The zero-order valence-corrected chi connectivity index (χ0v) is 8.71. The van der Waals surface area contributed by atoms with Crippen LogP contribution in [0.4, 0.5) is 8.78 Å². The van der Waals surface area contributed by atoms with Crippen LogP contribution in [0.5, 0.6) is 0 Å². The second-order valence-electron chi connectivity index (χ2n) is 3.85. The van der Waals surface area contributed by atoms with Crippen LogP contribution in [-0.2, 0) is 4.74 Å². The monoisotopic (exact) mass is 226 g/mol. The summed E-state index contributed by atoms with van der Waals surface area (Å²) >= 11 is 0. The molecular weight excluding hydrogens is 214 g/mol. The smallest absolute Gasteiger partial charge is 0.191 e. The number of ether oxygens (including phenoxy) is 1. The highest BCUT2D eigenvalue weighted by molar-refractivity contribution is 5.99. The molecule has 1 aliphatic heterocycles. The van der Waals surface area contributed by atoms with Gasteiger partial charge in [-0.2, -0.15) is 0 Å². The summed E-state index contributed by atoms with van der Waals surface area (Å²) in [5.41, 5.74) is 0.172. The van der Waals surface area contributed by atoms with E-state index < -0.39 is 17.7 Å². The Morgan fingerprint density at radius 1 is 1.25 bits per heavy atom. The van der Waals surface area contributed by atoms with E-state index in [1.54, 1.807) is 0 Å². The first-order valence-corrected chi connectivity index (χ1v) is 5.29. The predicted octanol–water partition coefficient (Wildman–Crippen LogP) is 2.72. The first-order valence-electron chi connectivity index (χ1n) is 5.29. The summed E-state index contributed by atoms with van der Waals surface area (Å²) in [7, 11) is 0. The molecule has 0 N–H and O–H groups in total. The lowest BCUT2D eigenvalue weighted by molar-refractivity contribution is 0.0186. The molecule has 0 spiro atoms. The number of carbonyl (C=O) groups excluding carboxylic acids is 1. The number of ketones is 1. The minimum absolute atomic E-state index is 0.172. The van der Waals surface area contributed by atoms with Gasteiger partial charge in [0.1, 0.15) is 6.10 Å². The van der Waals surface area contributed by atoms with Crippen molar-refractivity contribution in [3.63, 3.8) is 0 Å². The Balaban J connectivity index is 2.16. The van der Waals surface area contributed by atoms with Gasteiger partial charge in [-0.3, -0.25) is 4.79 Å². The van der Waals surface area contributed by atoms with Crippen molar-refractivity contribution in [2.24, 2.45) is 0 Å². The Hall–Kier alpha value is -1.29. The topological polar surface area (TPSA) is 26.3 Å². The van der Waals surface area contributed by atoms with E-state index in [2.05, 4.69) is 0 Å². The van der Waals surface area contributed by atoms with Gasteiger partial charge in [0.15, 0.2) is 17.4 Å². The number of hydrogen-bond donors (Lipinski definition) is 0. The van der Waals surface area contributed by atoms with Crippen molar-refractivity contribution in [1.29, 1.82) is 0 Å². The van der Waals surface area contributed by atoms with E-state index in [1.807, 2.05) is 0 Å². The Bertz CT molecular complexity index is 398. The van der Waals surface area contributed by atoms with E-state index >= 15 is 0 Å². The van der Waals surface area contributed by atoms with E-state index in [1.165, 1.54) is 6.07 Å². The van der Waals surface area contributed by atoms with Gasteiger partial charge in [0, 0.05) is 12.2 Å². The van der Waals surface area contributed by atoms with Crippen LogP contribution in [0.2, 0.25) is 0 Å². The van der Waals surface area contributed by atoms with Crippen molar-refractivity contribution >= 4 is 5.78 Å². The highest BCUT2D eigenvalue weighted by Crippen LogP contribution is 2.18. The molecule has 16 heavy (non-hydrogen) atoms. The maximum absolute atomic E-state index is 12.9. The summed E-state index contributed by atoms with van der Waals surface area (Å²) in [6.45, 7) is 0.556. The second-order valence-corrected chi connectivity index (χ2v) is 3.85. The fourth-order valence-corrected chi connectivity index (χ4v) is 1.78. The Labute approximate surface area is 92.2 Å². The summed E-state index contributed by atoms with van der Waals surface area (Å²) in [6.07, 6.45) is 2.03. The van der Waals surface area contributed by atoms with Crippen LogP contribution in [-0.4, -0.2) is 18.5 Å². The molecule has 0 aromatic heterocycles. The first-order chi connectivity index (χ1) is 7.68. The van der Waals surface area contributed by atoms with E-state index in [0.29, 0.717) is 13.0 Å². The molecule has 1 aliphatic rings. The lowest BCUT2D eigenvalue weighted by Crippen LogP contribution is -2.28. The molecule has 1 fully saturated rings. The van der Waals surface area contributed by atoms with E-state index in [4.69, 9.17) is 4.74 Å². The van der Waals surface area contributed by atoms with Gasteiger partial charge in [-0.1, -0.05) is 0 Å². The summed E-state index contributed by atoms with van der Waals surface area (Å²) in [5.74, 6) is -2.21. The molecule has 1 atom stereocenters. The van der Waals surface area contributed by atoms with Gasteiger partial charge in [0.25, 0.3) is 0 Å². The molecule has 2 nitrogen and oxygen atoms in total. The number of rotatable bonds is 2. The van der Waals surface area contributed by atoms with E-state index in [-0.39, 0.29) is 11.3 Å². The molecule has 2 rings (SSSR count). The van der Waals surface area contributed by atoms with E-state index in [9.17, 15) is 13.6 Å². The summed E-state index contributed by atoms with van der Waals surface area (Å²) in [6, 6.07) is 3.18. The normalized spacial score (nSPS) is 20.8. The van der Waals surface area contributed by atoms with Crippen LogP contribution in [0.15, 0.2) is 18.2 Å². The number of carbonyl (C=O) groups is 1. The average molecular weight is 226 g/mol. The van der Waals surface area contributed by atoms with Gasteiger partial charge < -0.3 is 4.74 Å². The summed E-state index contributed by atoms with van der Waals surface area (Å²) in [4.78, 5) is 11.8. The average Bonchev–Trinajstić information content (AvgIpc) is 2.33. The van der Waals surface area contributed by atoms with Gasteiger partial charge in [0.2, 0.25) is 0 Å². The largest absolute Gasteiger partial charge is 0.370 e. The maximum atomic E-state index is 12.9. The van der Waals surface area contributed by atoms with Gasteiger partial charge in [-0.25, -0.2) is 8.78 Å². The fraction of sp³-hybridized carbons (Fsp3) is 0.417. The van der Waals surface area contributed by atoms with Gasteiger partial charge in [-0.05, 0) is 37.5 Å². The number of hydrogen-bond acceptors (Lipinski definition) is 2. The third-order valence-electron chi connectivity index (χ3n) is 2.68. The molecule has 1 heterocycles. The van der Waals surface area contributed by atoms with Crippen molar-refractivity contribution in [1.82, 2.24) is 0 Å². The van der Waals surface area contributed by atoms with Gasteiger partial charge in [0.05, 0.1) is 0 Å². The Kier molecular flexibility index (Phi) is 3.29. The number of benzene rings is 1. The molecular formula is C12H12F2O2. The lowest BCUT2D eigenvalue weighted by atomic mass is 10.00. The second kappa shape index (κ2) is 4.70. The minimum atomic E-state index is -0.998. The lowest BCUT2D eigenvalue weighted by Gasteiger charge is -2.21. The third-order valence-corrected chi connectivity index (χ3v) is 2.68. The zero-order valence-electron chi connectivity index (χ0n) is 8.71. The van der Waals surface area contributed by atoms with Gasteiger partial charge >= 0.3 is 0 Å². The van der Waals surface area contributed by atoms with Crippen molar-refractivity contribution in [3.8, 4) is 0 Å². The summed E-state index contributed by atoms with van der Waals surface area (Å²) < 4.78 is 30.9. The molecule has 0 radical (unpaired) electrons. The fourth-order valence-electron chi connectivity index (χ4n) is 1.78. The van der Waals surface area contributed by atoms with Crippen LogP contribution in [0, 0.1) is 11.6 Å².